The predicted molar refractivity (Wildman–Crippen MR) is 69.8 cm³/mol. The molecule has 0 aliphatic rings. The Balaban J connectivity index is 2.38. The summed E-state index contributed by atoms with van der Waals surface area (Å²) in [5.74, 6) is 4.06. The Morgan fingerprint density at radius 1 is 1.20 bits per heavy atom. The summed E-state index contributed by atoms with van der Waals surface area (Å²) < 4.78 is 13.3. The molecule has 0 unspecified atom stereocenters. The van der Waals surface area contributed by atoms with E-state index < -0.39 is 11.7 Å². The highest BCUT2D eigenvalue weighted by atomic mass is 19.1. The lowest BCUT2D eigenvalue weighted by atomic mass is 10.1. The van der Waals surface area contributed by atoms with Crippen LogP contribution in [-0.4, -0.2) is 10.9 Å². The number of halogens is 1. The van der Waals surface area contributed by atoms with Crippen LogP contribution in [0.1, 0.15) is 27.3 Å². The van der Waals surface area contributed by atoms with Crippen LogP contribution in [-0.2, 0) is 0 Å². The van der Waals surface area contributed by atoms with Crippen molar-refractivity contribution in [1.29, 1.82) is 5.26 Å². The van der Waals surface area contributed by atoms with E-state index in [2.05, 4.69) is 16.8 Å². The van der Waals surface area contributed by atoms with Crippen molar-refractivity contribution in [3.05, 3.63) is 64.7 Å². The zero-order chi connectivity index (χ0) is 14.5. The standard InChI is InChI=1S/C15H8FN3O/c16-12-7-10(6-11(8-12)15(18)20)4-5-13-2-1-3-14(9-17)19-13/h1-3,6-8H,(H2,18,20). The van der Waals surface area contributed by atoms with Gasteiger partial charge in [0.1, 0.15) is 23.3 Å². The number of rotatable bonds is 1. The number of nitrogens with zero attached hydrogens (tertiary/aromatic N) is 2. The maximum Gasteiger partial charge on any atom is 0.248 e. The Morgan fingerprint density at radius 3 is 2.65 bits per heavy atom. The molecule has 2 rings (SSSR count). The topological polar surface area (TPSA) is 79.8 Å². The Morgan fingerprint density at radius 2 is 1.95 bits per heavy atom. The van der Waals surface area contributed by atoms with Crippen molar-refractivity contribution >= 4 is 5.91 Å². The van der Waals surface area contributed by atoms with Gasteiger partial charge < -0.3 is 5.73 Å². The average Bonchev–Trinajstić information content (AvgIpc) is 2.44. The van der Waals surface area contributed by atoms with Gasteiger partial charge in [-0.1, -0.05) is 12.0 Å². The summed E-state index contributed by atoms with van der Waals surface area (Å²) in [6.07, 6.45) is 0. The molecule has 20 heavy (non-hydrogen) atoms. The first-order valence-corrected chi connectivity index (χ1v) is 5.58. The second-order valence-electron chi connectivity index (χ2n) is 3.86. The maximum absolute atomic E-state index is 13.3. The number of primary amides is 1. The second kappa shape index (κ2) is 5.64. The van der Waals surface area contributed by atoms with Gasteiger partial charge >= 0.3 is 0 Å². The molecule has 1 aromatic carbocycles. The highest BCUT2D eigenvalue weighted by Gasteiger charge is 2.04. The number of benzene rings is 1. The number of carbonyl (C=O) groups excluding carboxylic acids is 1. The lowest BCUT2D eigenvalue weighted by Crippen LogP contribution is -2.11. The largest absolute Gasteiger partial charge is 0.366 e. The van der Waals surface area contributed by atoms with Gasteiger partial charge in [-0.05, 0) is 36.3 Å². The Bertz CT molecular complexity index is 782. The van der Waals surface area contributed by atoms with Crippen molar-refractivity contribution in [3.8, 4) is 17.9 Å². The van der Waals surface area contributed by atoms with E-state index in [1.54, 1.807) is 18.2 Å². The molecule has 0 atom stereocenters. The third-order valence-corrected chi connectivity index (χ3v) is 2.38. The molecule has 5 heteroatoms. The quantitative estimate of drug-likeness (QED) is 0.795. The van der Waals surface area contributed by atoms with Gasteiger partial charge in [0.25, 0.3) is 0 Å². The van der Waals surface area contributed by atoms with E-state index in [1.807, 2.05) is 6.07 Å². The van der Waals surface area contributed by atoms with Gasteiger partial charge in [0, 0.05) is 11.1 Å². The van der Waals surface area contributed by atoms with E-state index in [9.17, 15) is 9.18 Å². The van der Waals surface area contributed by atoms with Crippen LogP contribution >= 0.6 is 0 Å². The number of nitriles is 1. The van der Waals surface area contributed by atoms with E-state index in [1.165, 1.54) is 12.1 Å². The van der Waals surface area contributed by atoms with Gasteiger partial charge in [-0.2, -0.15) is 5.26 Å². The number of aromatic nitrogens is 1. The minimum Gasteiger partial charge on any atom is -0.366 e. The van der Waals surface area contributed by atoms with E-state index in [-0.39, 0.29) is 11.3 Å². The van der Waals surface area contributed by atoms with Crippen LogP contribution in [0, 0.1) is 29.0 Å². The third kappa shape index (κ3) is 3.18. The lowest BCUT2D eigenvalue weighted by Gasteiger charge is -1.97. The maximum atomic E-state index is 13.3. The molecule has 0 aliphatic carbocycles. The number of amides is 1. The van der Waals surface area contributed by atoms with Crippen LogP contribution < -0.4 is 5.73 Å². The molecule has 2 N–H and O–H groups in total. The minimum atomic E-state index is -0.725. The van der Waals surface area contributed by atoms with Crippen LogP contribution in [0.5, 0.6) is 0 Å². The zero-order valence-electron chi connectivity index (χ0n) is 10.2. The van der Waals surface area contributed by atoms with Gasteiger partial charge in [0.2, 0.25) is 5.91 Å². The van der Waals surface area contributed by atoms with Crippen molar-refractivity contribution in [3.63, 3.8) is 0 Å². The molecule has 0 spiro atoms. The molecule has 0 radical (unpaired) electrons. The molecular formula is C15H8FN3O. The lowest BCUT2D eigenvalue weighted by molar-refractivity contribution is 0.1000. The molecule has 0 saturated carbocycles. The number of pyridine rings is 1. The van der Waals surface area contributed by atoms with Crippen LogP contribution in [0.25, 0.3) is 0 Å². The molecule has 0 aliphatic heterocycles. The van der Waals surface area contributed by atoms with Crippen LogP contribution in [0.2, 0.25) is 0 Å². The van der Waals surface area contributed by atoms with E-state index in [4.69, 9.17) is 11.0 Å². The molecule has 1 aromatic heterocycles. The second-order valence-corrected chi connectivity index (χ2v) is 3.86. The highest BCUT2D eigenvalue weighted by molar-refractivity contribution is 5.93. The number of carbonyl (C=O) groups is 1. The Hall–Kier alpha value is -3.18. The molecule has 2 aromatic rings. The summed E-state index contributed by atoms with van der Waals surface area (Å²) in [5.41, 5.74) is 6.08. The fraction of sp³-hybridized carbons (Fsp3) is 0. The molecule has 1 amide bonds. The normalized spacial score (nSPS) is 9.20. The van der Waals surface area contributed by atoms with E-state index in [0.717, 1.165) is 6.07 Å². The highest BCUT2D eigenvalue weighted by Crippen LogP contribution is 2.08. The number of hydrogen-bond acceptors (Lipinski definition) is 3. The third-order valence-electron chi connectivity index (χ3n) is 2.38. The zero-order valence-corrected chi connectivity index (χ0v) is 10.2. The summed E-state index contributed by atoms with van der Waals surface area (Å²) >= 11 is 0. The van der Waals surface area contributed by atoms with Gasteiger partial charge in [-0.3, -0.25) is 4.79 Å². The van der Waals surface area contributed by atoms with Gasteiger partial charge in [0.05, 0.1) is 0 Å². The summed E-state index contributed by atoms with van der Waals surface area (Å²) in [6, 6.07) is 10.4. The number of nitrogens with two attached hydrogens (primary N) is 1. The van der Waals surface area contributed by atoms with Crippen molar-refractivity contribution < 1.29 is 9.18 Å². The van der Waals surface area contributed by atoms with Crippen molar-refractivity contribution in [2.45, 2.75) is 0 Å². The van der Waals surface area contributed by atoms with Crippen LogP contribution in [0.15, 0.2) is 36.4 Å². The van der Waals surface area contributed by atoms with E-state index >= 15 is 0 Å². The molecule has 0 bridgehead atoms. The first kappa shape index (κ1) is 13.3. The van der Waals surface area contributed by atoms with Crippen LogP contribution in [0.4, 0.5) is 4.39 Å². The first-order chi connectivity index (χ1) is 9.58. The molecule has 1 heterocycles. The SMILES string of the molecule is N#Cc1cccc(C#Cc2cc(F)cc(C(N)=O)c2)n1. The summed E-state index contributed by atoms with van der Waals surface area (Å²) in [7, 11) is 0. The molecule has 4 nitrogen and oxygen atoms in total. The fourth-order valence-corrected chi connectivity index (χ4v) is 1.51. The Labute approximate surface area is 114 Å². The summed E-state index contributed by atoms with van der Waals surface area (Å²) in [6.45, 7) is 0. The first-order valence-electron chi connectivity index (χ1n) is 5.58. The summed E-state index contributed by atoms with van der Waals surface area (Å²) in [5, 5.41) is 8.72. The molecule has 0 fully saturated rings. The summed E-state index contributed by atoms with van der Waals surface area (Å²) in [4.78, 5) is 15.0. The monoisotopic (exact) mass is 265 g/mol. The molecular weight excluding hydrogens is 257 g/mol. The smallest absolute Gasteiger partial charge is 0.248 e. The fourth-order valence-electron chi connectivity index (χ4n) is 1.51. The van der Waals surface area contributed by atoms with Crippen LogP contribution in [0.3, 0.4) is 0 Å². The van der Waals surface area contributed by atoms with Gasteiger partial charge in [-0.25, -0.2) is 9.37 Å². The average molecular weight is 265 g/mol. The minimum absolute atomic E-state index is 0.0491. The van der Waals surface area contributed by atoms with Crippen molar-refractivity contribution in [2.24, 2.45) is 5.73 Å². The van der Waals surface area contributed by atoms with Crippen molar-refractivity contribution in [2.75, 3.05) is 0 Å². The van der Waals surface area contributed by atoms with Crippen molar-refractivity contribution in [1.82, 2.24) is 4.98 Å². The molecule has 0 saturated heterocycles. The van der Waals surface area contributed by atoms with Gasteiger partial charge in [0.15, 0.2) is 0 Å². The predicted octanol–water partition coefficient (Wildman–Crippen LogP) is 1.59. The van der Waals surface area contributed by atoms with E-state index in [0.29, 0.717) is 11.3 Å². The van der Waals surface area contributed by atoms with Gasteiger partial charge in [-0.15, -0.1) is 0 Å². The Kier molecular flexibility index (Phi) is 3.74. The number of hydrogen-bond donors (Lipinski definition) is 1. The molecule has 96 valence electrons.